The van der Waals surface area contributed by atoms with Gasteiger partial charge < -0.3 is 4.90 Å². The molecule has 0 spiro atoms. The molecule has 1 aromatic carbocycles. The first-order chi connectivity index (χ1) is 11.7. The smallest absolute Gasteiger partial charge is 0.274 e. The molecule has 3 rings (SSSR count). The Hall–Kier alpha value is -2.17. The fourth-order valence-electron chi connectivity index (χ4n) is 3.03. The number of rotatable bonds is 4. The van der Waals surface area contributed by atoms with Crippen LogP contribution < -0.4 is 0 Å². The van der Waals surface area contributed by atoms with Crippen LogP contribution in [0.15, 0.2) is 30.3 Å². The molecule has 0 saturated heterocycles. The molecule has 1 fully saturated rings. The summed E-state index contributed by atoms with van der Waals surface area (Å²) in [7, 11) is 1.77. The van der Waals surface area contributed by atoms with Crippen molar-refractivity contribution in [2.24, 2.45) is 0 Å². The van der Waals surface area contributed by atoms with Gasteiger partial charge in [-0.15, -0.1) is 0 Å². The standard InChI is InChI=1S/C20H26FN3O/c1-13(14-8-10-16(21)11-9-14)23(5)19(25)17-12-18(15-6-7-15)24(22-17)20(2,3)4/h8-13,15H,6-7H2,1-5H3/t13-/m0/s1. The van der Waals surface area contributed by atoms with E-state index in [-0.39, 0.29) is 23.3 Å². The van der Waals surface area contributed by atoms with Gasteiger partial charge in [0.2, 0.25) is 0 Å². The zero-order valence-corrected chi connectivity index (χ0v) is 15.6. The molecule has 4 nitrogen and oxygen atoms in total. The molecule has 1 atom stereocenters. The highest BCUT2D eigenvalue weighted by Gasteiger charge is 2.33. The van der Waals surface area contributed by atoms with Gasteiger partial charge in [-0.1, -0.05) is 12.1 Å². The number of carbonyl (C=O) groups excluding carboxylic acids is 1. The van der Waals surface area contributed by atoms with Crippen molar-refractivity contribution in [1.82, 2.24) is 14.7 Å². The van der Waals surface area contributed by atoms with Gasteiger partial charge in [-0.3, -0.25) is 9.48 Å². The summed E-state index contributed by atoms with van der Waals surface area (Å²) < 4.78 is 15.1. The van der Waals surface area contributed by atoms with Crippen LogP contribution in [0.1, 0.15) is 74.2 Å². The van der Waals surface area contributed by atoms with Crippen LogP contribution in [0.25, 0.3) is 0 Å². The van der Waals surface area contributed by atoms with E-state index in [4.69, 9.17) is 0 Å². The van der Waals surface area contributed by atoms with E-state index >= 15 is 0 Å². The van der Waals surface area contributed by atoms with Gasteiger partial charge in [0.25, 0.3) is 5.91 Å². The van der Waals surface area contributed by atoms with Crippen LogP contribution in [0.5, 0.6) is 0 Å². The van der Waals surface area contributed by atoms with Gasteiger partial charge in [0.05, 0.1) is 11.6 Å². The minimum absolute atomic E-state index is 0.110. The second kappa shape index (κ2) is 6.28. The van der Waals surface area contributed by atoms with Crippen LogP contribution >= 0.6 is 0 Å². The molecule has 1 aliphatic rings. The maximum Gasteiger partial charge on any atom is 0.274 e. The fourth-order valence-corrected chi connectivity index (χ4v) is 3.03. The number of carbonyl (C=O) groups is 1. The molecule has 2 aromatic rings. The van der Waals surface area contributed by atoms with Crippen LogP contribution in [0.3, 0.4) is 0 Å². The number of hydrogen-bond acceptors (Lipinski definition) is 2. The van der Waals surface area contributed by atoms with Crippen molar-refractivity contribution in [2.75, 3.05) is 7.05 Å². The Balaban J connectivity index is 1.86. The highest BCUT2D eigenvalue weighted by molar-refractivity contribution is 5.92. The largest absolute Gasteiger partial charge is 0.334 e. The number of amides is 1. The van der Waals surface area contributed by atoms with E-state index in [0.29, 0.717) is 11.6 Å². The normalized spacial score (nSPS) is 15.9. The summed E-state index contributed by atoms with van der Waals surface area (Å²) in [4.78, 5) is 14.6. The van der Waals surface area contributed by atoms with Gasteiger partial charge in [-0.05, 0) is 64.3 Å². The quantitative estimate of drug-likeness (QED) is 0.820. The van der Waals surface area contributed by atoms with E-state index in [9.17, 15) is 9.18 Å². The first-order valence-electron chi connectivity index (χ1n) is 8.81. The highest BCUT2D eigenvalue weighted by Crippen LogP contribution is 2.42. The predicted octanol–water partition coefficient (Wildman–Crippen LogP) is 4.49. The predicted molar refractivity (Wildman–Crippen MR) is 96.1 cm³/mol. The molecule has 0 unspecified atom stereocenters. The molecule has 1 aliphatic carbocycles. The molecule has 1 heterocycles. The van der Waals surface area contributed by atoms with Gasteiger partial charge in [0.1, 0.15) is 5.82 Å². The molecular weight excluding hydrogens is 317 g/mol. The van der Waals surface area contributed by atoms with Gasteiger partial charge in [0.15, 0.2) is 5.69 Å². The highest BCUT2D eigenvalue weighted by atomic mass is 19.1. The van der Waals surface area contributed by atoms with E-state index in [1.165, 1.54) is 12.1 Å². The van der Waals surface area contributed by atoms with Crippen molar-refractivity contribution in [3.05, 3.63) is 53.1 Å². The molecule has 25 heavy (non-hydrogen) atoms. The van der Waals surface area contributed by atoms with Crippen molar-refractivity contribution in [2.45, 2.75) is 58.0 Å². The number of halogens is 1. The lowest BCUT2D eigenvalue weighted by Gasteiger charge is -2.25. The molecule has 1 aromatic heterocycles. The number of aromatic nitrogens is 2. The van der Waals surface area contributed by atoms with Crippen LogP contribution in [-0.2, 0) is 5.54 Å². The number of benzene rings is 1. The van der Waals surface area contributed by atoms with Gasteiger partial charge in [0, 0.05) is 18.7 Å². The number of hydrogen-bond donors (Lipinski definition) is 0. The summed E-state index contributed by atoms with van der Waals surface area (Å²) in [5.41, 5.74) is 2.37. The molecule has 0 aliphatic heterocycles. The van der Waals surface area contributed by atoms with Crippen molar-refractivity contribution >= 4 is 5.91 Å². The van der Waals surface area contributed by atoms with E-state index < -0.39 is 0 Å². The Morgan fingerprint density at radius 2 is 1.88 bits per heavy atom. The third-order valence-corrected chi connectivity index (χ3v) is 4.84. The van der Waals surface area contributed by atoms with Crippen molar-refractivity contribution in [1.29, 1.82) is 0 Å². The molecule has 0 N–H and O–H groups in total. The fraction of sp³-hybridized carbons (Fsp3) is 0.500. The topological polar surface area (TPSA) is 38.1 Å². The van der Waals surface area contributed by atoms with Gasteiger partial charge >= 0.3 is 0 Å². The molecule has 0 radical (unpaired) electrons. The summed E-state index contributed by atoms with van der Waals surface area (Å²) in [5, 5.41) is 4.62. The van der Waals surface area contributed by atoms with Crippen LogP contribution in [0, 0.1) is 5.82 Å². The molecule has 134 valence electrons. The second-order valence-corrected chi connectivity index (χ2v) is 7.95. The molecular formula is C20H26FN3O. The lowest BCUT2D eigenvalue weighted by molar-refractivity contribution is 0.0735. The average molecular weight is 343 g/mol. The Kier molecular flexibility index (Phi) is 4.43. The Bertz CT molecular complexity index is 769. The van der Waals surface area contributed by atoms with E-state index in [1.54, 1.807) is 24.1 Å². The van der Waals surface area contributed by atoms with Crippen LogP contribution in [0.2, 0.25) is 0 Å². The zero-order valence-electron chi connectivity index (χ0n) is 15.6. The summed E-state index contributed by atoms with van der Waals surface area (Å²) in [5.74, 6) is 0.137. The van der Waals surface area contributed by atoms with Crippen molar-refractivity contribution in [3.8, 4) is 0 Å². The Morgan fingerprint density at radius 1 is 1.28 bits per heavy atom. The zero-order chi connectivity index (χ0) is 18.4. The lowest BCUT2D eigenvalue weighted by Crippen LogP contribution is -2.31. The SMILES string of the molecule is C[C@@H](c1ccc(F)cc1)N(C)C(=O)c1cc(C2CC2)n(C(C)(C)C)n1. The number of nitrogens with zero attached hydrogens (tertiary/aromatic N) is 3. The van der Waals surface area contributed by atoms with Crippen LogP contribution in [0.4, 0.5) is 4.39 Å². The first-order valence-corrected chi connectivity index (χ1v) is 8.81. The minimum atomic E-state index is -0.275. The molecule has 0 bridgehead atoms. The average Bonchev–Trinajstić information content (AvgIpc) is 3.30. The maximum atomic E-state index is 13.1. The summed E-state index contributed by atoms with van der Waals surface area (Å²) in [6.07, 6.45) is 2.33. The van der Waals surface area contributed by atoms with E-state index in [0.717, 1.165) is 24.1 Å². The minimum Gasteiger partial charge on any atom is -0.334 e. The monoisotopic (exact) mass is 343 g/mol. The van der Waals surface area contributed by atoms with E-state index in [2.05, 4.69) is 25.9 Å². The lowest BCUT2D eigenvalue weighted by atomic mass is 10.1. The molecule has 5 heteroatoms. The maximum absolute atomic E-state index is 13.1. The van der Waals surface area contributed by atoms with Gasteiger partial charge in [-0.25, -0.2) is 4.39 Å². The first kappa shape index (κ1) is 17.6. The van der Waals surface area contributed by atoms with Gasteiger partial charge in [-0.2, -0.15) is 5.10 Å². The Morgan fingerprint density at radius 3 is 2.40 bits per heavy atom. The van der Waals surface area contributed by atoms with E-state index in [1.807, 2.05) is 17.7 Å². The third-order valence-electron chi connectivity index (χ3n) is 4.84. The second-order valence-electron chi connectivity index (χ2n) is 7.95. The van der Waals surface area contributed by atoms with Crippen molar-refractivity contribution in [3.63, 3.8) is 0 Å². The summed E-state index contributed by atoms with van der Waals surface area (Å²) >= 11 is 0. The summed E-state index contributed by atoms with van der Waals surface area (Å²) in [6, 6.07) is 8.06. The molecule has 1 saturated carbocycles. The van der Waals surface area contributed by atoms with Crippen molar-refractivity contribution < 1.29 is 9.18 Å². The molecule has 1 amide bonds. The third kappa shape index (κ3) is 3.60. The Labute approximate surface area is 148 Å². The summed E-state index contributed by atoms with van der Waals surface area (Å²) in [6.45, 7) is 8.24. The van der Waals surface area contributed by atoms with Crippen LogP contribution in [-0.4, -0.2) is 27.6 Å².